The highest BCUT2D eigenvalue weighted by Gasteiger charge is 2.34. The van der Waals surface area contributed by atoms with E-state index in [0.717, 1.165) is 48.9 Å². The molecular formula is C22H25N3OS. The van der Waals surface area contributed by atoms with Crippen LogP contribution >= 0.6 is 11.3 Å². The molecule has 1 N–H and O–H groups in total. The average molecular weight is 380 g/mol. The lowest BCUT2D eigenvalue weighted by atomic mass is 9.87. The maximum absolute atomic E-state index is 10.9. The summed E-state index contributed by atoms with van der Waals surface area (Å²) in [5.41, 5.74) is 3.66. The predicted molar refractivity (Wildman–Crippen MR) is 110 cm³/mol. The second kappa shape index (κ2) is 7.50. The molecule has 3 heterocycles. The molecule has 1 aliphatic heterocycles. The fourth-order valence-corrected chi connectivity index (χ4v) is 4.72. The van der Waals surface area contributed by atoms with Gasteiger partial charge in [0.1, 0.15) is 5.60 Å². The molecule has 3 aromatic rings. The van der Waals surface area contributed by atoms with Gasteiger partial charge in [-0.1, -0.05) is 30.3 Å². The first-order chi connectivity index (χ1) is 13.0. The monoisotopic (exact) mass is 379 g/mol. The van der Waals surface area contributed by atoms with Gasteiger partial charge in [-0.2, -0.15) is 0 Å². The van der Waals surface area contributed by atoms with Crippen molar-refractivity contribution in [2.45, 2.75) is 38.8 Å². The summed E-state index contributed by atoms with van der Waals surface area (Å²) in [6, 6.07) is 14.6. The van der Waals surface area contributed by atoms with Crippen LogP contribution in [0.2, 0.25) is 0 Å². The zero-order valence-electron chi connectivity index (χ0n) is 15.9. The molecule has 0 spiro atoms. The number of aromatic nitrogens is 2. The van der Waals surface area contributed by atoms with Crippen molar-refractivity contribution in [1.82, 2.24) is 14.9 Å². The average Bonchev–Trinajstić information content (AvgIpc) is 3.03. The summed E-state index contributed by atoms with van der Waals surface area (Å²) in [7, 11) is 0. The summed E-state index contributed by atoms with van der Waals surface area (Å²) in [5.74, 6) is 0. The molecule has 1 aliphatic rings. The topological polar surface area (TPSA) is 49.2 Å². The van der Waals surface area contributed by atoms with Gasteiger partial charge in [0.05, 0.1) is 21.3 Å². The van der Waals surface area contributed by atoms with Crippen molar-refractivity contribution in [2.24, 2.45) is 0 Å². The quantitative estimate of drug-likeness (QED) is 0.734. The van der Waals surface area contributed by atoms with Crippen LogP contribution < -0.4 is 0 Å². The first-order valence-electron chi connectivity index (χ1n) is 9.43. The molecule has 27 heavy (non-hydrogen) atoms. The Morgan fingerprint density at radius 1 is 1.07 bits per heavy atom. The summed E-state index contributed by atoms with van der Waals surface area (Å²) in [6.45, 7) is 6.80. The molecule has 0 amide bonds. The molecule has 0 radical (unpaired) electrons. The van der Waals surface area contributed by atoms with Crippen molar-refractivity contribution in [2.75, 3.05) is 13.1 Å². The number of aliphatic hydroxyl groups is 1. The minimum atomic E-state index is -0.789. The van der Waals surface area contributed by atoms with Gasteiger partial charge < -0.3 is 5.11 Å². The van der Waals surface area contributed by atoms with Gasteiger partial charge in [-0.05, 0) is 49.9 Å². The highest BCUT2D eigenvalue weighted by molar-refractivity contribution is 7.15. The summed E-state index contributed by atoms with van der Waals surface area (Å²) >= 11 is 1.75. The Balaban J connectivity index is 1.39. The lowest BCUT2D eigenvalue weighted by molar-refractivity contribution is -0.0311. The van der Waals surface area contributed by atoms with E-state index in [1.807, 2.05) is 18.2 Å². The summed E-state index contributed by atoms with van der Waals surface area (Å²) < 4.78 is 0. The Bertz CT molecular complexity index is 897. The summed E-state index contributed by atoms with van der Waals surface area (Å²) in [6.07, 6.45) is 3.20. The van der Waals surface area contributed by atoms with Crippen LogP contribution in [0.15, 0.2) is 48.7 Å². The van der Waals surface area contributed by atoms with E-state index in [1.54, 1.807) is 17.5 Å². The second-order valence-corrected chi connectivity index (χ2v) is 8.57. The zero-order chi connectivity index (χ0) is 18.9. The number of thiazole rings is 1. The molecule has 1 saturated heterocycles. The second-order valence-electron chi connectivity index (χ2n) is 7.37. The third kappa shape index (κ3) is 3.95. The first-order valence-corrected chi connectivity index (χ1v) is 10.2. The number of hydrogen-bond donors (Lipinski definition) is 1. The van der Waals surface area contributed by atoms with E-state index in [9.17, 15) is 5.11 Å². The van der Waals surface area contributed by atoms with Crippen LogP contribution in [0, 0.1) is 13.8 Å². The highest BCUT2D eigenvalue weighted by Crippen LogP contribution is 2.33. The molecular weight excluding hydrogens is 354 g/mol. The SMILES string of the molecule is Cc1nc(C)c(-c2ccc(CN3CCC(O)(c4ccccn4)CC3)cc2)s1. The minimum Gasteiger partial charge on any atom is -0.383 e. The van der Waals surface area contributed by atoms with Gasteiger partial charge >= 0.3 is 0 Å². The van der Waals surface area contributed by atoms with Gasteiger partial charge in [0.25, 0.3) is 0 Å². The van der Waals surface area contributed by atoms with E-state index in [0.29, 0.717) is 0 Å². The molecule has 4 rings (SSSR count). The van der Waals surface area contributed by atoms with Crippen LogP contribution in [-0.4, -0.2) is 33.1 Å². The molecule has 0 saturated carbocycles. The van der Waals surface area contributed by atoms with Crippen LogP contribution in [0.4, 0.5) is 0 Å². The summed E-state index contributed by atoms with van der Waals surface area (Å²) in [4.78, 5) is 12.6. The molecule has 0 bridgehead atoms. The Morgan fingerprint density at radius 2 is 1.81 bits per heavy atom. The standard InChI is InChI=1S/C22H25N3OS/c1-16-21(27-17(2)24-16)19-8-6-18(7-9-19)15-25-13-10-22(26,11-14-25)20-5-3-4-12-23-20/h3-9,12,26H,10-11,13-15H2,1-2H3. The fraction of sp³-hybridized carbons (Fsp3) is 0.364. The van der Waals surface area contributed by atoms with Crippen molar-refractivity contribution in [1.29, 1.82) is 0 Å². The van der Waals surface area contributed by atoms with Crippen molar-refractivity contribution >= 4 is 11.3 Å². The maximum atomic E-state index is 10.9. The van der Waals surface area contributed by atoms with Gasteiger partial charge in [-0.25, -0.2) is 4.98 Å². The van der Waals surface area contributed by atoms with Crippen molar-refractivity contribution in [3.63, 3.8) is 0 Å². The van der Waals surface area contributed by atoms with E-state index >= 15 is 0 Å². The van der Waals surface area contributed by atoms with Crippen LogP contribution in [0.3, 0.4) is 0 Å². The van der Waals surface area contributed by atoms with Gasteiger partial charge in [0.15, 0.2) is 0 Å². The first kappa shape index (κ1) is 18.3. The lowest BCUT2D eigenvalue weighted by Gasteiger charge is -2.37. The zero-order valence-corrected chi connectivity index (χ0v) is 16.7. The lowest BCUT2D eigenvalue weighted by Crippen LogP contribution is -2.42. The third-order valence-electron chi connectivity index (χ3n) is 5.35. The van der Waals surface area contributed by atoms with Gasteiger partial charge in [-0.15, -0.1) is 11.3 Å². The van der Waals surface area contributed by atoms with Gasteiger partial charge in [-0.3, -0.25) is 9.88 Å². The van der Waals surface area contributed by atoms with Crippen LogP contribution in [-0.2, 0) is 12.1 Å². The van der Waals surface area contributed by atoms with Crippen LogP contribution in [0.25, 0.3) is 10.4 Å². The van der Waals surface area contributed by atoms with Crippen molar-refractivity contribution < 1.29 is 5.11 Å². The Morgan fingerprint density at radius 3 is 2.41 bits per heavy atom. The van der Waals surface area contributed by atoms with E-state index in [4.69, 9.17) is 0 Å². The summed E-state index contributed by atoms with van der Waals surface area (Å²) in [5, 5.41) is 12.0. The van der Waals surface area contributed by atoms with Crippen LogP contribution in [0.1, 0.15) is 34.8 Å². The largest absolute Gasteiger partial charge is 0.383 e. The van der Waals surface area contributed by atoms with Gasteiger partial charge in [0.2, 0.25) is 0 Å². The molecule has 1 fully saturated rings. The Labute approximate surface area is 164 Å². The Hall–Kier alpha value is -2.08. The molecule has 4 nitrogen and oxygen atoms in total. The van der Waals surface area contributed by atoms with E-state index in [2.05, 4.69) is 53.0 Å². The molecule has 0 aliphatic carbocycles. The molecule has 0 unspecified atom stereocenters. The number of rotatable bonds is 4. The predicted octanol–water partition coefficient (Wildman–Crippen LogP) is 4.31. The number of aryl methyl sites for hydroxylation is 2. The normalized spacial score (nSPS) is 17.1. The maximum Gasteiger partial charge on any atom is 0.109 e. The molecule has 0 atom stereocenters. The number of piperidine rings is 1. The molecule has 5 heteroatoms. The number of pyridine rings is 1. The number of benzene rings is 1. The van der Waals surface area contributed by atoms with Crippen molar-refractivity contribution in [3.8, 4) is 10.4 Å². The highest BCUT2D eigenvalue weighted by atomic mass is 32.1. The fourth-order valence-electron chi connectivity index (χ4n) is 3.79. The number of nitrogens with zero attached hydrogens (tertiary/aromatic N) is 3. The molecule has 140 valence electrons. The smallest absolute Gasteiger partial charge is 0.109 e. The molecule has 2 aromatic heterocycles. The van der Waals surface area contributed by atoms with Gasteiger partial charge in [0, 0.05) is 25.8 Å². The van der Waals surface area contributed by atoms with Crippen LogP contribution in [0.5, 0.6) is 0 Å². The van der Waals surface area contributed by atoms with E-state index in [-0.39, 0.29) is 0 Å². The Kier molecular flexibility index (Phi) is 5.08. The van der Waals surface area contributed by atoms with E-state index < -0.39 is 5.60 Å². The van der Waals surface area contributed by atoms with E-state index in [1.165, 1.54) is 16.0 Å². The van der Waals surface area contributed by atoms with Crippen molar-refractivity contribution in [3.05, 3.63) is 70.6 Å². The number of hydrogen-bond acceptors (Lipinski definition) is 5. The number of likely N-dealkylation sites (tertiary alicyclic amines) is 1. The minimum absolute atomic E-state index is 0.724. The third-order valence-corrected chi connectivity index (χ3v) is 6.47. The molecule has 1 aromatic carbocycles.